The number of nitro benzene ring substituents is 1. The lowest BCUT2D eigenvalue weighted by atomic mass is 10.2. The molecule has 0 saturated heterocycles. The van der Waals surface area contributed by atoms with Crippen LogP contribution in [0.3, 0.4) is 0 Å². The number of non-ortho nitro benzene ring substituents is 1. The number of rotatable bonds is 5. The third-order valence-electron chi connectivity index (χ3n) is 4.16. The molecule has 3 unspecified atom stereocenters. The lowest BCUT2D eigenvalue weighted by Crippen LogP contribution is -2.46. The minimum atomic E-state index is -1.20. The van der Waals surface area contributed by atoms with Gasteiger partial charge >= 0.3 is 5.97 Å². The molecule has 0 aromatic heterocycles. The van der Waals surface area contributed by atoms with Crippen molar-refractivity contribution in [3.05, 3.63) is 57.6 Å². The van der Waals surface area contributed by atoms with Crippen LogP contribution >= 0.6 is 11.6 Å². The molecule has 152 valence electrons. The fourth-order valence-electron chi connectivity index (χ4n) is 2.63. The van der Waals surface area contributed by atoms with Crippen LogP contribution < -0.4 is 14.8 Å². The number of carbonyl (C=O) groups excluding carboxylic acids is 2. The Hall–Kier alpha value is -3.33. The zero-order valence-electron chi connectivity index (χ0n) is 15.5. The van der Waals surface area contributed by atoms with Crippen LogP contribution in [-0.2, 0) is 14.3 Å². The molecule has 2 aromatic carbocycles. The Balaban J connectivity index is 1.65. The first kappa shape index (κ1) is 20.4. The number of ether oxygens (including phenoxy) is 3. The fourth-order valence-corrected chi connectivity index (χ4v) is 2.80. The fraction of sp³-hybridized carbons (Fsp3) is 0.263. The Morgan fingerprint density at radius 2 is 1.86 bits per heavy atom. The van der Waals surface area contributed by atoms with E-state index in [2.05, 4.69) is 5.32 Å². The molecule has 10 heteroatoms. The largest absolute Gasteiger partial charge is 0.482 e. The predicted octanol–water partition coefficient (Wildman–Crippen LogP) is 3.35. The molecular formula is C19H17ClN2O7. The summed E-state index contributed by atoms with van der Waals surface area (Å²) >= 11 is 5.96. The maximum atomic E-state index is 12.5. The summed E-state index contributed by atoms with van der Waals surface area (Å²) in [7, 11) is 0. The van der Waals surface area contributed by atoms with Gasteiger partial charge in [-0.1, -0.05) is 23.7 Å². The van der Waals surface area contributed by atoms with E-state index in [1.165, 1.54) is 19.1 Å². The highest BCUT2D eigenvalue weighted by molar-refractivity contribution is 6.33. The first-order chi connectivity index (χ1) is 13.8. The van der Waals surface area contributed by atoms with Crippen LogP contribution in [0.2, 0.25) is 5.02 Å². The molecule has 0 aliphatic carbocycles. The van der Waals surface area contributed by atoms with Gasteiger partial charge in [-0.05, 0) is 32.0 Å². The van der Waals surface area contributed by atoms with Gasteiger partial charge in [0.2, 0.25) is 6.10 Å². The third-order valence-corrected chi connectivity index (χ3v) is 4.48. The highest BCUT2D eigenvalue weighted by atomic mass is 35.5. The summed E-state index contributed by atoms with van der Waals surface area (Å²) < 4.78 is 16.5. The zero-order chi connectivity index (χ0) is 21.1. The van der Waals surface area contributed by atoms with E-state index in [0.717, 1.165) is 6.07 Å². The Morgan fingerprint density at radius 1 is 1.21 bits per heavy atom. The standard InChI is InChI=1S/C19H17ClN2O7/c1-10-17(29-16-6-4-3-5-15(16)27-10)19(24)28-11(2)18(23)21-14-9-12(22(25)26)7-8-13(14)20/h3-11,17H,1-2H3,(H,21,23). The second-order valence-corrected chi connectivity index (χ2v) is 6.70. The molecular weight excluding hydrogens is 404 g/mol. The third kappa shape index (κ3) is 4.57. The molecule has 0 spiro atoms. The van der Waals surface area contributed by atoms with Crippen LogP contribution in [0.1, 0.15) is 13.8 Å². The highest BCUT2D eigenvalue weighted by Crippen LogP contribution is 2.34. The molecule has 0 fully saturated rings. The molecule has 0 bridgehead atoms. The molecule has 3 atom stereocenters. The van der Waals surface area contributed by atoms with E-state index in [0.29, 0.717) is 11.5 Å². The number of anilines is 1. The molecule has 1 heterocycles. The van der Waals surface area contributed by atoms with E-state index in [4.69, 9.17) is 25.8 Å². The molecule has 1 aliphatic rings. The number of nitrogens with one attached hydrogen (secondary N) is 1. The number of fused-ring (bicyclic) bond motifs is 1. The van der Waals surface area contributed by atoms with Crippen LogP contribution in [0.25, 0.3) is 0 Å². The topological polar surface area (TPSA) is 117 Å². The molecule has 0 radical (unpaired) electrons. The molecule has 1 amide bonds. The monoisotopic (exact) mass is 420 g/mol. The summed E-state index contributed by atoms with van der Waals surface area (Å²) in [5.74, 6) is -0.575. The lowest BCUT2D eigenvalue weighted by Gasteiger charge is -2.31. The van der Waals surface area contributed by atoms with Crippen LogP contribution in [0.15, 0.2) is 42.5 Å². The van der Waals surface area contributed by atoms with E-state index in [9.17, 15) is 19.7 Å². The average molecular weight is 421 g/mol. The van der Waals surface area contributed by atoms with Crippen molar-refractivity contribution in [3.63, 3.8) is 0 Å². The van der Waals surface area contributed by atoms with Gasteiger partial charge in [0, 0.05) is 12.1 Å². The predicted molar refractivity (Wildman–Crippen MR) is 103 cm³/mol. The van der Waals surface area contributed by atoms with Gasteiger partial charge in [0.25, 0.3) is 11.6 Å². The average Bonchev–Trinajstić information content (AvgIpc) is 2.68. The first-order valence-electron chi connectivity index (χ1n) is 8.64. The van der Waals surface area contributed by atoms with Gasteiger partial charge in [-0.25, -0.2) is 4.79 Å². The highest BCUT2D eigenvalue weighted by Gasteiger charge is 2.37. The summed E-state index contributed by atoms with van der Waals surface area (Å²) in [6.07, 6.45) is -2.88. The smallest absolute Gasteiger partial charge is 0.352 e. The summed E-state index contributed by atoms with van der Waals surface area (Å²) in [5.41, 5.74) is -0.206. The maximum Gasteiger partial charge on any atom is 0.352 e. The normalized spacial score (nSPS) is 18.4. The van der Waals surface area contributed by atoms with E-state index in [1.807, 2.05) is 0 Å². The minimum Gasteiger partial charge on any atom is -0.482 e. The van der Waals surface area contributed by atoms with E-state index >= 15 is 0 Å². The minimum absolute atomic E-state index is 0.0355. The van der Waals surface area contributed by atoms with Crippen molar-refractivity contribution in [1.82, 2.24) is 0 Å². The summed E-state index contributed by atoms with van der Waals surface area (Å²) in [6.45, 7) is 3.01. The van der Waals surface area contributed by atoms with Gasteiger partial charge in [0.05, 0.1) is 15.6 Å². The number of hydrogen-bond donors (Lipinski definition) is 1. The molecule has 9 nitrogen and oxygen atoms in total. The Kier molecular flexibility index (Phi) is 5.88. The number of nitro groups is 1. The summed E-state index contributed by atoms with van der Waals surface area (Å²) in [6, 6.07) is 10.5. The van der Waals surface area contributed by atoms with Gasteiger partial charge in [0.1, 0.15) is 6.10 Å². The SMILES string of the molecule is CC(OC(=O)C1Oc2ccccc2OC1C)C(=O)Nc1cc([N+](=O)[O-])ccc1Cl. The van der Waals surface area contributed by atoms with Crippen LogP contribution in [0.4, 0.5) is 11.4 Å². The van der Waals surface area contributed by atoms with Crippen molar-refractivity contribution in [1.29, 1.82) is 0 Å². The number of esters is 1. The molecule has 0 saturated carbocycles. The second kappa shape index (κ2) is 8.36. The molecule has 1 aliphatic heterocycles. The quantitative estimate of drug-likeness (QED) is 0.447. The number of para-hydroxylation sites is 2. The Labute approximate surface area is 170 Å². The zero-order valence-corrected chi connectivity index (χ0v) is 16.2. The molecule has 29 heavy (non-hydrogen) atoms. The van der Waals surface area contributed by atoms with Gasteiger partial charge in [-0.3, -0.25) is 14.9 Å². The van der Waals surface area contributed by atoms with Crippen molar-refractivity contribution in [2.75, 3.05) is 5.32 Å². The van der Waals surface area contributed by atoms with Gasteiger partial charge in [-0.15, -0.1) is 0 Å². The summed E-state index contributed by atoms with van der Waals surface area (Å²) in [4.78, 5) is 35.1. The molecule has 3 rings (SSSR count). The van der Waals surface area contributed by atoms with Crippen molar-refractivity contribution < 1.29 is 28.7 Å². The number of nitrogens with zero attached hydrogens (tertiary/aromatic N) is 1. The number of benzene rings is 2. The van der Waals surface area contributed by atoms with E-state index in [1.54, 1.807) is 31.2 Å². The van der Waals surface area contributed by atoms with E-state index in [-0.39, 0.29) is 16.4 Å². The van der Waals surface area contributed by atoms with Crippen molar-refractivity contribution in [3.8, 4) is 11.5 Å². The Morgan fingerprint density at radius 3 is 2.52 bits per heavy atom. The number of carbonyl (C=O) groups is 2. The van der Waals surface area contributed by atoms with Crippen LogP contribution in [0.5, 0.6) is 11.5 Å². The summed E-state index contributed by atoms with van der Waals surface area (Å²) in [5, 5.41) is 13.4. The van der Waals surface area contributed by atoms with Crippen LogP contribution in [-0.4, -0.2) is 35.1 Å². The lowest BCUT2D eigenvalue weighted by molar-refractivity contribution is -0.384. The van der Waals surface area contributed by atoms with Crippen molar-refractivity contribution >= 4 is 34.9 Å². The van der Waals surface area contributed by atoms with Gasteiger partial charge in [0.15, 0.2) is 17.6 Å². The van der Waals surface area contributed by atoms with E-state index < -0.39 is 35.1 Å². The Bertz CT molecular complexity index is 965. The number of amides is 1. The number of halogens is 1. The van der Waals surface area contributed by atoms with Crippen molar-refractivity contribution in [2.45, 2.75) is 32.2 Å². The molecule has 1 N–H and O–H groups in total. The van der Waals surface area contributed by atoms with Gasteiger partial charge in [-0.2, -0.15) is 0 Å². The van der Waals surface area contributed by atoms with Gasteiger partial charge < -0.3 is 19.5 Å². The maximum absolute atomic E-state index is 12.5. The number of hydrogen-bond acceptors (Lipinski definition) is 7. The van der Waals surface area contributed by atoms with Crippen LogP contribution in [0, 0.1) is 10.1 Å². The first-order valence-corrected chi connectivity index (χ1v) is 9.01. The molecule has 2 aromatic rings. The van der Waals surface area contributed by atoms with Crippen molar-refractivity contribution in [2.24, 2.45) is 0 Å². The second-order valence-electron chi connectivity index (χ2n) is 6.30.